The molecule has 0 radical (unpaired) electrons. The number of anilines is 1. The Morgan fingerprint density at radius 3 is 1.50 bits per heavy atom. The van der Waals surface area contributed by atoms with Crippen LogP contribution in [0.4, 0.5) is 5.13 Å². The molecular weight excluding hydrogens is 961 g/mol. The van der Waals surface area contributed by atoms with Gasteiger partial charge in [0.2, 0.25) is 39.0 Å². The zero-order valence-corrected chi connectivity index (χ0v) is 40.6. The smallest absolute Gasteiger partial charge is 0.317 e. The maximum absolute atomic E-state index is 13.3. The molecular formula is C42H66N12O14S2. The van der Waals surface area contributed by atoms with E-state index in [-0.39, 0.29) is 133 Å². The molecule has 0 aliphatic carbocycles. The number of carboxylic acid groups (broad SMARTS) is 3. The number of unbranched alkanes of at least 4 members (excludes halogenated alkanes) is 3. The van der Waals surface area contributed by atoms with Crippen LogP contribution in [-0.2, 0) is 54.8 Å². The third-order valence-corrected chi connectivity index (χ3v) is 12.9. The van der Waals surface area contributed by atoms with Gasteiger partial charge in [-0.2, -0.15) is 0 Å². The molecule has 1 aliphatic heterocycles. The standard InChI is InChI=1S/C42H66N12O14S2/c43-70(67,68)42-50-49-41(69-42)48-35(58)8-2-1-7-33(56)44-14-4-3-9-34(57)47-32(25-30-10-12-31(55)13-11-30)40(66)46-16-6-5-15-45-36(59)26-51-17-19-52(27-37(60)61)21-23-54(29-39(64)65)24-22-53(20-18-51)28-38(62)63/h10-13,32,55H,1-9,14-29H2,(H,44,56)(H,45,59)(H,46,66)(H,47,57)(H,60,61)(H,62,63)(H,64,65)(H2,43,67,68)(H,48,49,58)/t32-/m0/s1. The van der Waals surface area contributed by atoms with Gasteiger partial charge in [0.15, 0.2) is 0 Å². The number of phenols is 1. The summed E-state index contributed by atoms with van der Waals surface area (Å²) in [6.45, 7) is 2.13. The number of nitrogens with zero attached hydrogens (tertiary/aromatic N) is 6. The summed E-state index contributed by atoms with van der Waals surface area (Å²) in [5.41, 5.74) is 0.698. The lowest BCUT2D eigenvalue weighted by Crippen LogP contribution is -2.49. The lowest BCUT2D eigenvalue weighted by Gasteiger charge is -2.32. The van der Waals surface area contributed by atoms with E-state index in [9.17, 15) is 67.2 Å². The molecule has 0 spiro atoms. The van der Waals surface area contributed by atoms with Gasteiger partial charge in [-0.3, -0.25) is 58.0 Å². The largest absolute Gasteiger partial charge is 0.508 e. The number of amides is 5. The molecule has 0 saturated carbocycles. The SMILES string of the molecule is NS(=O)(=O)c1nnc(NC(=O)CCCCC(=O)NCCCCC(=O)N[C@@H](Cc2ccc(O)cc2)C(=O)NCCCCNC(=O)CN2CCN(CC(=O)O)CCN(CC(=O)O)CCN(CC(=O)O)CC2)s1. The molecule has 2 heterocycles. The van der Waals surface area contributed by atoms with Gasteiger partial charge in [0, 0.05) is 97.7 Å². The second-order valence-corrected chi connectivity index (χ2v) is 19.3. The lowest BCUT2D eigenvalue weighted by molar-refractivity contribution is -0.140. The van der Waals surface area contributed by atoms with Crippen LogP contribution in [-0.4, -0.2) is 210 Å². The van der Waals surface area contributed by atoms with Gasteiger partial charge in [-0.05, 0) is 56.2 Å². The molecule has 0 unspecified atom stereocenters. The van der Waals surface area contributed by atoms with Crippen LogP contribution >= 0.6 is 11.3 Å². The van der Waals surface area contributed by atoms with Gasteiger partial charge in [-0.25, -0.2) is 13.6 Å². The Morgan fingerprint density at radius 2 is 1.01 bits per heavy atom. The van der Waals surface area contributed by atoms with Crippen LogP contribution in [0.15, 0.2) is 28.6 Å². The number of aromatic nitrogens is 2. The molecule has 1 saturated heterocycles. The minimum absolute atomic E-state index is 0.00863. The number of carbonyl (C=O) groups excluding carboxylic acids is 5. The van der Waals surface area contributed by atoms with Crippen LogP contribution in [0, 0.1) is 0 Å². The number of benzene rings is 1. The lowest BCUT2D eigenvalue weighted by atomic mass is 10.0. The normalized spacial score (nSPS) is 15.1. The summed E-state index contributed by atoms with van der Waals surface area (Å²) in [7, 11) is -4.03. The van der Waals surface area contributed by atoms with Gasteiger partial charge < -0.3 is 47.0 Å². The summed E-state index contributed by atoms with van der Waals surface area (Å²) in [4.78, 5) is 105. The van der Waals surface area contributed by atoms with Crippen molar-refractivity contribution in [1.82, 2.24) is 51.1 Å². The summed E-state index contributed by atoms with van der Waals surface area (Å²) in [6, 6.07) is 5.31. The fraction of sp³-hybridized carbons (Fsp3) is 0.619. The Hall–Kier alpha value is -5.91. The zero-order chi connectivity index (χ0) is 51.5. The van der Waals surface area contributed by atoms with E-state index in [4.69, 9.17) is 5.14 Å². The predicted molar refractivity (Wildman–Crippen MR) is 253 cm³/mol. The highest BCUT2D eigenvalue weighted by Crippen LogP contribution is 2.19. The van der Waals surface area contributed by atoms with Gasteiger partial charge in [0.25, 0.3) is 10.0 Å². The van der Waals surface area contributed by atoms with Crippen molar-refractivity contribution in [2.24, 2.45) is 5.14 Å². The first-order chi connectivity index (χ1) is 33.2. The Kier molecular flexibility index (Phi) is 26.2. The van der Waals surface area contributed by atoms with Crippen molar-refractivity contribution in [2.75, 3.05) is 103 Å². The van der Waals surface area contributed by atoms with Crippen LogP contribution in [0.1, 0.15) is 63.4 Å². The highest BCUT2D eigenvalue weighted by Gasteiger charge is 2.23. The topological polar surface area (TPSA) is 377 Å². The minimum atomic E-state index is -4.03. The van der Waals surface area contributed by atoms with E-state index >= 15 is 0 Å². The molecule has 28 heteroatoms. The molecule has 26 nitrogen and oxygen atoms in total. The van der Waals surface area contributed by atoms with Crippen molar-refractivity contribution in [1.29, 1.82) is 0 Å². The van der Waals surface area contributed by atoms with Gasteiger partial charge in [0.05, 0.1) is 26.2 Å². The first-order valence-corrected chi connectivity index (χ1v) is 25.2. The molecule has 1 atom stereocenters. The Bertz CT molecular complexity index is 2120. The van der Waals surface area contributed by atoms with E-state index in [2.05, 4.69) is 36.8 Å². The van der Waals surface area contributed by atoms with E-state index < -0.39 is 50.1 Å². The quantitative estimate of drug-likeness (QED) is 0.0308. The average Bonchev–Trinajstić information content (AvgIpc) is 3.76. The summed E-state index contributed by atoms with van der Waals surface area (Å²) >= 11 is 0.625. The van der Waals surface area contributed by atoms with Gasteiger partial charge in [-0.15, -0.1) is 10.2 Å². The van der Waals surface area contributed by atoms with Crippen molar-refractivity contribution >= 4 is 73.9 Å². The third kappa shape index (κ3) is 25.6. The highest BCUT2D eigenvalue weighted by molar-refractivity contribution is 7.91. The number of hydrogen-bond donors (Lipinski definition) is 10. The van der Waals surface area contributed by atoms with Crippen molar-refractivity contribution in [3.8, 4) is 5.75 Å². The van der Waals surface area contributed by atoms with E-state index in [1.165, 1.54) is 12.1 Å². The molecule has 1 fully saturated rings. The monoisotopic (exact) mass is 1030 g/mol. The van der Waals surface area contributed by atoms with Crippen molar-refractivity contribution in [3.63, 3.8) is 0 Å². The van der Waals surface area contributed by atoms with Crippen LogP contribution in [0.3, 0.4) is 0 Å². The third-order valence-electron chi connectivity index (χ3n) is 10.7. The first kappa shape index (κ1) is 58.4. The molecule has 1 aromatic carbocycles. The van der Waals surface area contributed by atoms with Crippen LogP contribution < -0.4 is 31.7 Å². The maximum Gasteiger partial charge on any atom is 0.317 e. The van der Waals surface area contributed by atoms with Crippen molar-refractivity contribution < 1.29 is 67.2 Å². The Morgan fingerprint density at radius 1 is 0.586 bits per heavy atom. The second-order valence-electron chi connectivity index (χ2n) is 16.6. The molecule has 1 aromatic heterocycles. The summed E-state index contributed by atoms with van der Waals surface area (Å²) < 4.78 is 22.2. The van der Waals surface area contributed by atoms with E-state index in [0.29, 0.717) is 75.1 Å². The van der Waals surface area contributed by atoms with Gasteiger partial charge >= 0.3 is 17.9 Å². The fourth-order valence-electron chi connectivity index (χ4n) is 7.05. The van der Waals surface area contributed by atoms with E-state index in [0.717, 1.165) is 0 Å². The minimum Gasteiger partial charge on any atom is -0.508 e. The molecule has 390 valence electrons. The number of carboxylic acids is 3. The van der Waals surface area contributed by atoms with E-state index in [1.807, 2.05) is 4.90 Å². The van der Waals surface area contributed by atoms with Crippen molar-refractivity contribution in [2.45, 2.75) is 74.6 Å². The number of carbonyl (C=O) groups is 8. The predicted octanol–water partition coefficient (Wildman–Crippen LogP) is -2.11. The Labute approximate surface area is 409 Å². The first-order valence-electron chi connectivity index (χ1n) is 22.8. The van der Waals surface area contributed by atoms with Crippen LogP contribution in [0.5, 0.6) is 5.75 Å². The summed E-state index contributed by atoms with van der Waals surface area (Å²) in [6.07, 6.45) is 3.17. The number of hydrogen-bond acceptors (Lipinski definition) is 18. The number of aromatic hydroxyl groups is 1. The molecule has 5 amide bonds. The number of sulfonamides is 1. The molecule has 2 aromatic rings. The number of phenolic OH excluding ortho intramolecular Hbond substituents is 1. The zero-order valence-electron chi connectivity index (χ0n) is 39.0. The van der Waals surface area contributed by atoms with Gasteiger partial charge in [-0.1, -0.05) is 23.5 Å². The number of nitrogens with one attached hydrogen (secondary N) is 5. The summed E-state index contributed by atoms with van der Waals surface area (Å²) in [5.74, 6) is -4.86. The Balaban J connectivity index is 1.39. The van der Waals surface area contributed by atoms with Crippen LogP contribution in [0.25, 0.3) is 0 Å². The second kappa shape index (κ2) is 31.3. The van der Waals surface area contributed by atoms with Gasteiger partial charge in [0.1, 0.15) is 11.8 Å². The molecule has 3 rings (SSSR count). The number of rotatable bonds is 29. The highest BCUT2D eigenvalue weighted by atomic mass is 32.2. The number of nitrogens with two attached hydrogens (primary N) is 1. The molecule has 0 bridgehead atoms. The summed E-state index contributed by atoms with van der Waals surface area (Å²) in [5, 5.41) is 63.7. The maximum atomic E-state index is 13.3. The van der Waals surface area contributed by atoms with Crippen LogP contribution in [0.2, 0.25) is 0 Å². The van der Waals surface area contributed by atoms with E-state index in [1.54, 1.807) is 26.8 Å². The average molecular weight is 1030 g/mol. The molecule has 70 heavy (non-hydrogen) atoms. The number of aliphatic carboxylic acids is 3. The number of primary sulfonamides is 1. The fourth-order valence-corrected chi connectivity index (χ4v) is 8.40. The molecule has 11 N–H and O–H groups in total. The van der Waals surface area contributed by atoms with Crippen molar-refractivity contribution in [3.05, 3.63) is 29.8 Å². The molecule has 1 aliphatic rings.